The van der Waals surface area contributed by atoms with Gasteiger partial charge >= 0.3 is 0 Å². The van der Waals surface area contributed by atoms with Crippen molar-refractivity contribution in [2.75, 3.05) is 5.32 Å². The van der Waals surface area contributed by atoms with Gasteiger partial charge in [-0.2, -0.15) is 15.1 Å². The van der Waals surface area contributed by atoms with Gasteiger partial charge in [0, 0.05) is 4.88 Å². The summed E-state index contributed by atoms with van der Waals surface area (Å²) in [6, 6.07) is 2.01. The lowest BCUT2D eigenvalue weighted by Crippen LogP contribution is -1.97. The molecule has 0 amide bonds. The zero-order valence-electron chi connectivity index (χ0n) is 8.73. The number of aromatic amines is 1. The Labute approximate surface area is 105 Å². The number of rotatable bonds is 2. The number of hydrogen-bond donors (Lipinski definition) is 2. The monoisotopic (exact) mass is 266 g/mol. The van der Waals surface area contributed by atoms with Gasteiger partial charge in [0.15, 0.2) is 0 Å². The third kappa shape index (κ3) is 1.94. The van der Waals surface area contributed by atoms with Crippen LogP contribution < -0.4 is 5.32 Å². The van der Waals surface area contributed by atoms with E-state index in [1.54, 1.807) is 11.3 Å². The Kier molecular flexibility index (Phi) is 2.41. The number of H-pyrrole nitrogens is 1. The molecule has 0 spiro atoms. The lowest BCUT2D eigenvalue weighted by molar-refractivity contribution is 1.09. The zero-order valence-corrected chi connectivity index (χ0v) is 10.3. The maximum Gasteiger partial charge on any atom is 0.225 e. The van der Waals surface area contributed by atoms with E-state index in [1.807, 2.05) is 13.0 Å². The fourth-order valence-corrected chi connectivity index (χ4v) is 2.59. The number of hydrogen-bond acceptors (Lipinski definition) is 6. The van der Waals surface area contributed by atoms with Gasteiger partial charge in [0.1, 0.15) is 17.0 Å². The number of aryl methyl sites for hydroxylation is 1. The molecule has 0 aliphatic rings. The molecule has 8 heteroatoms. The van der Waals surface area contributed by atoms with Gasteiger partial charge < -0.3 is 5.32 Å². The van der Waals surface area contributed by atoms with E-state index >= 15 is 0 Å². The normalized spacial score (nSPS) is 10.9. The number of nitrogens with zero attached hydrogens (tertiary/aromatic N) is 4. The summed E-state index contributed by atoms with van der Waals surface area (Å²) in [5, 5.41) is 10.6. The highest BCUT2D eigenvalue weighted by Gasteiger charge is 2.10. The predicted molar refractivity (Wildman–Crippen MR) is 66.8 cm³/mol. The molecular formula is C9H7ClN6S. The molecule has 0 saturated heterocycles. The van der Waals surface area contributed by atoms with Gasteiger partial charge in [-0.1, -0.05) is 0 Å². The van der Waals surface area contributed by atoms with Gasteiger partial charge in [0.2, 0.25) is 11.2 Å². The van der Waals surface area contributed by atoms with Crippen molar-refractivity contribution in [3.63, 3.8) is 0 Å². The molecule has 0 aliphatic heterocycles. The van der Waals surface area contributed by atoms with Crippen molar-refractivity contribution < 1.29 is 0 Å². The summed E-state index contributed by atoms with van der Waals surface area (Å²) in [6.45, 7) is 2.01. The summed E-state index contributed by atoms with van der Waals surface area (Å²) >= 11 is 7.44. The average Bonchev–Trinajstić information content (AvgIpc) is 2.86. The number of anilines is 2. The largest absolute Gasteiger partial charge is 0.308 e. The Bertz CT molecular complexity index is 661. The van der Waals surface area contributed by atoms with Crippen LogP contribution in [0.4, 0.5) is 11.8 Å². The van der Waals surface area contributed by atoms with E-state index in [-0.39, 0.29) is 5.28 Å². The number of aromatic nitrogens is 5. The Morgan fingerprint density at radius 2 is 2.29 bits per heavy atom. The molecule has 2 N–H and O–H groups in total. The molecule has 3 rings (SSSR count). The summed E-state index contributed by atoms with van der Waals surface area (Å²) in [5.41, 5.74) is 0. The third-order valence-electron chi connectivity index (χ3n) is 2.14. The lowest BCUT2D eigenvalue weighted by Gasteiger charge is -2.02. The molecule has 0 unspecified atom stereocenters. The molecule has 0 atom stereocenters. The minimum absolute atomic E-state index is 0.210. The third-order valence-corrected chi connectivity index (χ3v) is 3.25. The summed E-state index contributed by atoms with van der Waals surface area (Å²) in [6.07, 6.45) is 1.42. The van der Waals surface area contributed by atoms with Crippen LogP contribution in [0, 0.1) is 6.92 Å². The van der Waals surface area contributed by atoms with E-state index in [0.29, 0.717) is 11.8 Å². The second-order valence-electron chi connectivity index (χ2n) is 3.38. The second kappa shape index (κ2) is 3.94. The van der Waals surface area contributed by atoms with Crippen molar-refractivity contribution >= 4 is 44.9 Å². The van der Waals surface area contributed by atoms with E-state index in [9.17, 15) is 0 Å². The standard InChI is InChI=1S/C9H7ClN6S/c1-4-2-5-6(14-9-11-3-12-16-9)13-8(10)15-7(5)17-4/h2-3H,1H3,(H2,11,12,13,14,15,16). The Balaban J connectivity index is 2.14. The lowest BCUT2D eigenvalue weighted by atomic mass is 10.3. The Hall–Kier alpha value is -1.73. The van der Waals surface area contributed by atoms with Crippen LogP contribution in [0.15, 0.2) is 12.4 Å². The smallest absolute Gasteiger partial charge is 0.225 e. The van der Waals surface area contributed by atoms with Crippen LogP contribution in [0.5, 0.6) is 0 Å². The van der Waals surface area contributed by atoms with Crippen LogP contribution in [0.1, 0.15) is 4.88 Å². The van der Waals surface area contributed by atoms with Crippen molar-refractivity contribution in [2.45, 2.75) is 6.92 Å². The number of fused-ring (bicyclic) bond motifs is 1. The Morgan fingerprint density at radius 3 is 3.06 bits per heavy atom. The van der Waals surface area contributed by atoms with E-state index in [4.69, 9.17) is 11.6 Å². The van der Waals surface area contributed by atoms with E-state index in [0.717, 1.165) is 15.1 Å². The molecule has 0 fully saturated rings. The first-order valence-electron chi connectivity index (χ1n) is 4.78. The highest BCUT2D eigenvalue weighted by atomic mass is 35.5. The van der Waals surface area contributed by atoms with Gasteiger partial charge in [0.05, 0.1) is 5.39 Å². The van der Waals surface area contributed by atoms with Crippen molar-refractivity contribution in [3.05, 3.63) is 22.6 Å². The van der Waals surface area contributed by atoms with Crippen LogP contribution >= 0.6 is 22.9 Å². The van der Waals surface area contributed by atoms with Crippen molar-refractivity contribution in [2.24, 2.45) is 0 Å². The molecule has 86 valence electrons. The van der Waals surface area contributed by atoms with Gasteiger partial charge in [0.25, 0.3) is 0 Å². The molecule has 0 bridgehead atoms. The summed E-state index contributed by atoms with van der Waals surface area (Å²) < 4.78 is 0. The van der Waals surface area contributed by atoms with Gasteiger partial charge in [-0.05, 0) is 24.6 Å². The van der Waals surface area contributed by atoms with Crippen LogP contribution in [0.2, 0.25) is 5.28 Å². The number of nitrogens with one attached hydrogen (secondary N) is 2. The van der Waals surface area contributed by atoms with E-state index in [2.05, 4.69) is 30.5 Å². The van der Waals surface area contributed by atoms with E-state index < -0.39 is 0 Å². The summed E-state index contributed by atoms with van der Waals surface area (Å²) in [7, 11) is 0. The first-order chi connectivity index (χ1) is 8.22. The van der Waals surface area contributed by atoms with E-state index in [1.165, 1.54) is 6.33 Å². The first kappa shape index (κ1) is 10.4. The molecule has 3 aromatic heterocycles. The molecule has 0 aliphatic carbocycles. The predicted octanol–water partition coefficient (Wildman–Crippen LogP) is 2.51. The fourth-order valence-electron chi connectivity index (χ4n) is 1.49. The van der Waals surface area contributed by atoms with Crippen molar-refractivity contribution in [1.82, 2.24) is 25.1 Å². The topological polar surface area (TPSA) is 79.4 Å². The minimum Gasteiger partial charge on any atom is -0.308 e. The maximum absolute atomic E-state index is 5.87. The van der Waals surface area contributed by atoms with Crippen LogP contribution in [-0.4, -0.2) is 25.1 Å². The van der Waals surface area contributed by atoms with Gasteiger partial charge in [-0.25, -0.2) is 10.1 Å². The van der Waals surface area contributed by atoms with Gasteiger partial charge in [-0.15, -0.1) is 11.3 Å². The molecule has 0 aromatic carbocycles. The molecule has 6 nitrogen and oxygen atoms in total. The van der Waals surface area contributed by atoms with Crippen LogP contribution in [0.25, 0.3) is 10.2 Å². The van der Waals surface area contributed by atoms with Crippen molar-refractivity contribution in [1.29, 1.82) is 0 Å². The Morgan fingerprint density at radius 1 is 1.41 bits per heavy atom. The van der Waals surface area contributed by atoms with Crippen LogP contribution in [0.3, 0.4) is 0 Å². The molecule has 3 heterocycles. The fraction of sp³-hybridized carbons (Fsp3) is 0.111. The summed E-state index contributed by atoms with van der Waals surface area (Å²) in [4.78, 5) is 14.3. The first-order valence-corrected chi connectivity index (χ1v) is 5.98. The SMILES string of the molecule is Cc1cc2c(Nc3ncn[nH]3)nc(Cl)nc2s1. The number of thiophene rings is 1. The molecule has 17 heavy (non-hydrogen) atoms. The number of halogens is 1. The second-order valence-corrected chi connectivity index (χ2v) is 4.95. The highest BCUT2D eigenvalue weighted by Crippen LogP contribution is 2.30. The zero-order chi connectivity index (χ0) is 11.8. The minimum atomic E-state index is 0.210. The molecule has 3 aromatic rings. The summed E-state index contributed by atoms with van der Waals surface area (Å²) in [5.74, 6) is 1.14. The van der Waals surface area contributed by atoms with Crippen LogP contribution in [-0.2, 0) is 0 Å². The molecule has 0 saturated carbocycles. The highest BCUT2D eigenvalue weighted by molar-refractivity contribution is 7.18. The average molecular weight is 267 g/mol. The van der Waals surface area contributed by atoms with Gasteiger partial charge in [-0.3, -0.25) is 0 Å². The maximum atomic E-state index is 5.87. The quantitative estimate of drug-likeness (QED) is 0.697. The molecule has 0 radical (unpaired) electrons. The van der Waals surface area contributed by atoms with Crippen molar-refractivity contribution in [3.8, 4) is 0 Å². The molecular weight excluding hydrogens is 260 g/mol.